The Morgan fingerprint density at radius 2 is 1.45 bits per heavy atom. The lowest BCUT2D eigenvalue weighted by atomic mass is 9.52. The fourth-order valence-electron chi connectivity index (χ4n) is 2.16. The molecule has 0 N–H and O–H groups in total. The van der Waals surface area contributed by atoms with Crippen LogP contribution in [0.3, 0.4) is 0 Å². The highest BCUT2D eigenvalue weighted by Gasteiger charge is 2.52. The van der Waals surface area contributed by atoms with Gasteiger partial charge in [-0.25, -0.2) is 0 Å². The van der Waals surface area contributed by atoms with Crippen LogP contribution in [0.15, 0.2) is 0 Å². The molecular weight excluding hydrogens is 152 g/mol. The van der Waals surface area contributed by atoms with E-state index in [2.05, 4.69) is 47.2 Å². The number of hydrogen-bond acceptors (Lipinski definition) is 1. The van der Waals surface area contributed by atoms with Gasteiger partial charge in [-0.1, -0.05) is 34.6 Å². The van der Waals surface area contributed by atoms with E-state index in [0.717, 1.165) is 0 Å². The molecule has 0 aliphatic heterocycles. The third-order valence-electron chi connectivity index (χ3n) is 3.35. The third kappa shape index (κ3) is 1.58. The molecule has 0 radical (unpaired) electrons. The summed E-state index contributed by atoms with van der Waals surface area (Å²) in [5.74, 6) is 0. The number of thiol groups is 1. The molecule has 1 fully saturated rings. The van der Waals surface area contributed by atoms with Crippen molar-refractivity contribution >= 4 is 12.6 Å². The third-order valence-corrected chi connectivity index (χ3v) is 3.67. The van der Waals surface area contributed by atoms with Crippen LogP contribution in [-0.4, -0.2) is 4.75 Å². The standard InChI is InChI=1S/C10H20S/c1-8(2,3)9(4)6-10(5,11)7-9/h11H,6-7H2,1-5H3. The Bertz CT molecular complexity index is 154. The summed E-state index contributed by atoms with van der Waals surface area (Å²) in [4.78, 5) is 0. The molecule has 0 nitrogen and oxygen atoms in total. The van der Waals surface area contributed by atoms with Crippen LogP contribution in [0.4, 0.5) is 0 Å². The van der Waals surface area contributed by atoms with Crippen LogP contribution < -0.4 is 0 Å². The van der Waals surface area contributed by atoms with Gasteiger partial charge in [0, 0.05) is 4.75 Å². The fourth-order valence-corrected chi connectivity index (χ4v) is 2.86. The van der Waals surface area contributed by atoms with Crippen molar-refractivity contribution in [3.05, 3.63) is 0 Å². The molecule has 1 aliphatic rings. The lowest BCUT2D eigenvalue weighted by Gasteiger charge is -2.57. The Morgan fingerprint density at radius 1 is 1.09 bits per heavy atom. The smallest absolute Gasteiger partial charge is 0.0112 e. The van der Waals surface area contributed by atoms with Crippen molar-refractivity contribution in [1.29, 1.82) is 0 Å². The molecule has 0 saturated heterocycles. The molecule has 0 aromatic rings. The minimum Gasteiger partial charge on any atom is -0.173 e. The van der Waals surface area contributed by atoms with Gasteiger partial charge in [0.25, 0.3) is 0 Å². The van der Waals surface area contributed by atoms with Gasteiger partial charge in [0.05, 0.1) is 0 Å². The first-order valence-corrected chi connectivity index (χ1v) is 4.84. The van der Waals surface area contributed by atoms with Gasteiger partial charge in [-0.15, -0.1) is 0 Å². The molecule has 0 aromatic heterocycles. The quantitative estimate of drug-likeness (QED) is 0.531. The summed E-state index contributed by atoms with van der Waals surface area (Å²) in [6.07, 6.45) is 2.51. The first-order chi connectivity index (χ1) is 4.66. The topological polar surface area (TPSA) is 0 Å². The Balaban J connectivity index is 2.64. The summed E-state index contributed by atoms with van der Waals surface area (Å²) >= 11 is 4.59. The van der Waals surface area contributed by atoms with E-state index in [1.54, 1.807) is 0 Å². The Hall–Kier alpha value is 0.350. The largest absolute Gasteiger partial charge is 0.173 e. The molecule has 0 spiro atoms. The lowest BCUT2D eigenvalue weighted by Crippen LogP contribution is -2.51. The lowest BCUT2D eigenvalue weighted by molar-refractivity contribution is -0.00808. The molecule has 11 heavy (non-hydrogen) atoms. The Labute approximate surface area is 76.2 Å². The monoisotopic (exact) mass is 172 g/mol. The predicted octanol–water partition coefficient (Wildman–Crippen LogP) is 3.52. The predicted molar refractivity (Wildman–Crippen MR) is 54.2 cm³/mol. The van der Waals surface area contributed by atoms with Gasteiger partial charge >= 0.3 is 0 Å². The van der Waals surface area contributed by atoms with E-state index in [1.807, 2.05) is 0 Å². The van der Waals surface area contributed by atoms with E-state index in [4.69, 9.17) is 0 Å². The molecular formula is C10H20S. The van der Waals surface area contributed by atoms with Crippen molar-refractivity contribution < 1.29 is 0 Å². The number of rotatable bonds is 0. The SMILES string of the molecule is CC1(S)CC(C)(C(C)(C)C)C1. The van der Waals surface area contributed by atoms with Crippen molar-refractivity contribution in [2.75, 3.05) is 0 Å². The van der Waals surface area contributed by atoms with Crippen LogP contribution in [0.25, 0.3) is 0 Å². The van der Waals surface area contributed by atoms with E-state index in [-0.39, 0.29) is 0 Å². The highest BCUT2D eigenvalue weighted by Crippen LogP contribution is 2.60. The molecule has 1 saturated carbocycles. The van der Waals surface area contributed by atoms with Gasteiger partial charge in [-0.3, -0.25) is 0 Å². The first-order valence-electron chi connectivity index (χ1n) is 4.39. The second-order valence-corrected chi connectivity index (χ2v) is 6.74. The molecule has 0 atom stereocenters. The molecule has 1 aliphatic carbocycles. The van der Waals surface area contributed by atoms with Gasteiger partial charge in [-0.2, -0.15) is 12.6 Å². The van der Waals surface area contributed by atoms with Crippen molar-refractivity contribution in [2.24, 2.45) is 10.8 Å². The van der Waals surface area contributed by atoms with Gasteiger partial charge < -0.3 is 0 Å². The van der Waals surface area contributed by atoms with E-state index in [1.165, 1.54) is 12.8 Å². The average molecular weight is 172 g/mol. The normalized spacial score (nSPS) is 45.3. The van der Waals surface area contributed by atoms with E-state index >= 15 is 0 Å². The Kier molecular flexibility index (Phi) is 1.87. The summed E-state index contributed by atoms with van der Waals surface area (Å²) in [5, 5.41) is 0. The van der Waals surface area contributed by atoms with Gasteiger partial charge in [0.2, 0.25) is 0 Å². The van der Waals surface area contributed by atoms with Crippen LogP contribution in [0.1, 0.15) is 47.5 Å². The van der Waals surface area contributed by atoms with Crippen LogP contribution >= 0.6 is 12.6 Å². The zero-order chi connectivity index (χ0) is 8.91. The second-order valence-electron chi connectivity index (χ2n) is 5.66. The van der Waals surface area contributed by atoms with Gasteiger partial charge in [0.15, 0.2) is 0 Å². The van der Waals surface area contributed by atoms with E-state index < -0.39 is 0 Å². The summed E-state index contributed by atoms with van der Waals surface area (Å²) < 4.78 is 0.308. The molecule has 0 amide bonds. The molecule has 1 heteroatoms. The zero-order valence-corrected chi connectivity index (χ0v) is 9.26. The summed E-state index contributed by atoms with van der Waals surface area (Å²) in [7, 11) is 0. The minimum atomic E-state index is 0.308. The van der Waals surface area contributed by atoms with Crippen molar-refractivity contribution in [2.45, 2.75) is 52.2 Å². The maximum atomic E-state index is 4.59. The highest BCUT2D eigenvalue weighted by atomic mass is 32.1. The molecule has 1 rings (SSSR count). The summed E-state index contributed by atoms with van der Waals surface area (Å²) in [6.45, 7) is 11.6. The van der Waals surface area contributed by atoms with Gasteiger partial charge in [0.1, 0.15) is 0 Å². The van der Waals surface area contributed by atoms with Crippen LogP contribution in [0.5, 0.6) is 0 Å². The zero-order valence-electron chi connectivity index (χ0n) is 8.36. The van der Waals surface area contributed by atoms with E-state index in [0.29, 0.717) is 15.6 Å². The van der Waals surface area contributed by atoms with Crippen LogP contribution in [-0.2, 0) is 0 Å². The van der Waals surface area contributed by atoms with Crippen LogP contribution in [0, 0.1) is 10.8 Å². The number of hydrogen-bond donors (Lipinski definition) is 1. The summed E-state index contributed by atoms with van der Waals surface area (Å²) in [5.41, 5.74) is 0.957. The minimum absolute atomic E-state index is 0.308. The molecule has 0 aromatic carbocycles. The Morgan fingerprint density at radius 3 is 1.55 bits per heavy atom. The molecule has 0 heterocycles. The maximum absolute atomic E-state index is 4.59. The molecule has 0 unspecified atom stereocenters. The van der Waals surface area contributed by atoms with Crippen molar-refractivity contribution in [3.63, 3.8) is 0 Å². The second kappa shape index (κ2) is 2.18. The van der Waals surface area contributed by atoms with Crippen LogP contribution in [0.2, 0.25) is 0 Å². The summed E-state index contributed by atoms with van der Waals surface area (Å²) in [6, 6.07) is 0. The molecule has 66 valence electrons. The average Bonchev–Trinajstić information content (AvgIpc) is 1.55. The highest BCUT2D eigenvalue weighted by molar-refractivity contribution is 7.81. The maximum Gasteiger partial charge on any atom is 0.0112 e. The molecule has 0 bridgehead atoms. The van der Waals surface area contributed by atoms with Gasteiger partial charge in [-0.05, 0) is 23.7 Å². The first kappa shape index (κ1) is 9.44. The van der Waals surface area contributed by atoms with Crippen molar-refractivity contribution in [3.8, 4) is 0 Å². The van der Waals surface area contributed by atoms with Crippen molar-refractivity contribution in [1.82, 2.24) is 0 Å². The van der Waals surface area contributed by atoms with E-state index in [9.17, 15) is 0 Å². The fraction of sp³-hybridized carbons (Fsp3) is 1.00.